The minimum atomic E-state index is -0.512. The molecular formula is C17H16ClN5O3S. The third-order valence-corrected chi connectivity index (χ3v) is 4.41. The first-order valence-corrected chi connectivity index (χ1v) is 8.22. The molecule has 8 nitrogen and oxygen atoms in total. The molecular weight excluding hydrogens is 390 g/mol. The van der Waals surface area contributed by atoms with E-state index >= 15 is 0 Å². The van der Waals surface area contributed by atoms with E-state index in [1.54, 1.807) is 31.3 Å². The van der Waals surface area contributed by atoms with Gasteiger partial charge < -0.3 is 14.7 Å². The van der Waals surface area contributed by atoms with E-state index < -0.39 is 5.76 Å². The number of aromatic amines is 1. The van der Waals surface area contributed by atoms with Gasteiger partial charge in [0.25, 0.3) is 5.56 Å². The molecule has 0 aliphatic heterocycles. The van der Waals surface area contributed by atoms with Crippen LogP contribution in [0.15, 0.2) is 44.5 Å². The first-order valence-electron chi connectivity index (χ1n) is 7.84. The number of halogens is 1. The summed E-state index contributed by atoms with van der Waals surface area (Å²) in [6.07, 6.45) is 1.42. The van der Waals surface area contributed by atoms with E-state index in [1.165, 1.54) is 10.8 Å². The van der Waals surface area contributed by atoms with Crippen molar-refractivity contribution in [1.82, 2.24) is 19.5 Å². The highest BCUT2D eigenvalue weighted by atomic mass is 35.5. The molecule has 10 heteroatoms. The van der Waals surface area contributed by atoms with Crippen LogP contribution in [0.1, 0.15) is 18.5 Å². The van der Waals surface area contributed by atoms with Gasteiger partial charge in [-0.2, -0.15) is 18.5 Å². The molecule has 0 saturated carbocycles. The smallest absolute Gasteiger partial charge is 0.404 e. The molecule has 2 N–H and O–H groups in total. The molecule has 4 aromatic rings. The van der Waals surface area contributed by atoms with Gasteiger partial charge in [0.2, 0.25) is 5.95 Å². The lowest BCUT2D eigenvalue weighted by Crippen LogP contribution is -2.20. The van der Waals surface area contributed by atoms with Gasteiger partial charge in [0.1, 0.15) is 0 Å². The van der Waals surface area contributed by atoms with Gasteiger partial charge in [0.15, 0.2) is 11.2 Å². The van der Waals surface area contributed by atoms with Crippen LogP contribution >= 0.6 is 25.1 Å². The molecule has 0 amide bonds. The van der Waals surface area contributed by atoms with E-state index in [1.807, 2.05) is 6.92 Å². The van der Waals surface area contributed by atoms with Crippen LogP contribution in [-0.4, -0.2) is 19.5 Å². The maximum Gasteiger partial charge on any atom is 0.420 e. The lowest BCUT2D eigenvalue weighted by molar-refractivity contribution is 0.527. The van der Waals surface area contributed by atoms with Crippen molar-refractivity contribution in [3.63, 3.8) is 0 Å². The Hall–Kier alpha value is -2.78. The highest BCUT2D eigenvalue weighted by molar-refractivity contribution is 7.59. The summed E-state index contributed by atoms with van der Waals surface area (Å²) < 4.78 is 6.30. The summed E-state index contributed by atoms with van der Waals surface area (Å²) in [5.41, 5.74) is 1.69. The average Bonchev–Trinajstić information content (AvgIpc) is 2.89. The van der Waals surface area contributed by atoms with Crippen molar-refractivity contribution in [2.45, 2.75) is 13.0 Å². The molecule has 3 heterocycles. The fourth-order valence-corrected chi connectivity index (χ4v) is 2.96. The Morgan fingerprint density at radius 1 is 1.30 bits per heavy atom. The lowest BCUT2D eigenvalue weighted by atomic mass is 10.1. The quantitative estimate of drug-likeness (QED) is 0.542. The first-order chi connectivity index (χ1) is 12.4. The molecule has 1 aromatic carbocycles. The predicted molar refractivity (Wildman–Crippen MR) is 109 cm³/mol. The largest absolute Gasteiger partial charge is 0.420 e. The van der Waals surface area contributed by atoms with Crippen LogP contribution in [0.4, 0.5) is 5.95 Å². The van der Waals surface area contributed by atoms with Crippen molar-refractivity contribution in [3.8, 4) is 0 Å². The van der Waals surface area contributed by atoms with Crippen molar-refractivity contribution in [3.05, 3.63) is 62.0 Å². The number of nitrogens with zero attached hydrogens (tertiary/aromatic N) is 3. The molecule has 140 valence electrons. The summed E-state index contributed by atoms with van der Waals surface area (Å²) >= 11 is 6.03. The number of benzene rings is 1. The zero-order valence-electron chi connectivity index (χ0n) is 14.4. The SMILES string of the molecule is C[C@H](Nc1ncc2oc(=O)n(C)c2n1)c1cc2cc(Cl)ccc2[nH]c1=O.S. The number of aromatic nitrogens is 4. The van der Waals surface area contributed by atoms with Gasteiger partial charge in [-0.25, -0.2) is 9.78 Å². The highest BCUT2D eigenvalue weighted by Crippen LogP contribution is 2.21. The average molecular weight is 406 g/mol. The van der Waals surface area contributed by atoms with Crippen molar-refractivity contribution < 1.29 is 4.42 Å². The number of nitrogens with one attached hydrogen (secondary N) is 2. The molecule has 4 rings (SSSR count). The predicted octanol–water partition coefficient (Wildman–Crippen LogP) is 2.70. The van der Waals surface area contributed by atoms with E-state index in [0.717, 1.165) is 5.39 Å². The Morgan fingerprint density at radius 3 is 2.85 bits per heavy atom. The number of anilines is 1. The van der Waals surface area contributed by atoms with Crippen molar-refractivity contribution in [2.75, 3.05) is 5.32 Å². The van der Waals surface area contributed by atoms with E-state index in [2.05, 4.69) is 20.3 Å². The molecule has 0 fully saturated rings. The summed E-state index contributed by atoms with van der Waals surface area (Å²) in [4.78, 5) is 35.2. The van der Waals surface area contributed by atoms with Crippen LogP contribution in [0.2, 0.25) is 5.02 Å². The summed E-state index contributed by atoms with van der Waals surface area (Å²) in [7, 11) is 1.56. The van der Waals surface area contributed by atoms with E-state index in [-0.39, 0.29) is 31.0 Å². The minimum absolute atomic E-state index is 0. The zero-order valence-corrected chi connectivity index (χ0v) is 16.2. The van der Waals surface area contributed by atoms with Crippen LogP contribution in [0.5, 0.6) is 0 Å². The van der Waals surface area contributed by atoms with Crippen LogP contribution in [-0.2, 0) is 7.05 Å². The van der Waals surface area contributed by atoms with Gasteiger partial charge in [-0.15, -0.1) is 0 Å². The van der Waals surface area contributed by atoms with Gasteiger partial charge >= 0.3 is 5.76 Å². The Bertz CT molecular complexity index is 1260. The van der Waals surface area contributed by atoms with E-state index in [4.69, 9.17) is 16.0 Å². The molecule has 0 unspecified atom stereocenters. The number of oxazole rings is 1. The van der Waals surface area contributed by atoms with Crippen LogP contribution in [0.25, 0.3) is 22.1 Å². The topological polar surface area (TPSA) is 106 Å². The molecule has 0 saturated heterocycles. The lowest BCUT2D eigenvalue weighted by Gasteiger charge is -2.14. The summed E-state index contributed by atoms with van der Waals surface area (Å²) in [5.74, 6) is -0.227. The summed E-state index contributed by atoms with van der Waals surface area (Å²) in [5, 5.41) is 4.49. The van der Waals surface area contributed by atoms with Gasteiger partial charge in [-0.1, -0.05) is 11.6 Å². The first kappa shape index (κ1) is 19.0. The third-order valence-electron chi connectivity index (χ3n) is 4.17. The minimum Gasteiger partial charge on any atom is -0.404 e. The maximum atomic E-state index is 12.4. The third kappa shape index (κ3) is 3.43. The fourth-order valence-electron chi connectivity index (χ4n) is 2.78. The Labute approximate surface area is 164 Å². The van der Waals surface area contributed by atoms with E-state index in [9.17, 15) is 9.59 Å². The van der Waals surface area contributed by atoms with E-state index in [0.29, 0.717) is 27.3 Å². The molecule has 0 aliphatic carbocycles. The van der Waals surface area contributed by atoms with Crippen molar-refractivity contribution in [2.24, 2.45) is 7.05 Å². The molecule has 1 atom stereocenters. The fraction of sp³-hybridized carbons (Fsp3) is 0.176. The number of fused-ring (bicyclic) bond motifs is 2. The standard InChI is InChI=1S/C17H14ClN5O3.H2S/c1-8(11-6-9-5-10(18)3-4-12(9)21-15(11)24)20-16-19-7-13-14(22-16)23(2)17(25)26-13;/h3-8H,1-2H3,(H,21,24)(H,19,20,22);1H2/t8-;/m0./s1. The van der Waals surface area contributed by atoms with Crippen molar-refractivity contribution in [1.29, 1.82) is 0 Å². The van der Waals surface area contributed by atoms with Crippen LogP contribution in [0, 0.1) is 0 Å². The molecule has 0 bridgehead atoms. The highest BCUT2D eigenvalue weighted by Gasteiger charge is 2.15. The summed E-state index contributed by atoms with van der Waals surface area (Å²) in [6, 6.07) is 6.68. The number of aryl methyl sites for hydroxylation is 1. The Morgan fingerprint density at radius 2 is 2.07 bits per heavy atom. The number of hydrogen-bond donors (Lipinski definition) is 2. The second kappa shape index (κ2) is 7.09. The number of pyridine rings is 1. The Balaban J connectivity index is 0.00000210. The normalized spacial score (nSPS) is 12.1. The molecule has 27 heavy (non-hydrogen) atoms. The van der Waals surface area contributed by atoms with Crippen LogP contribution < -0.4 is 16.6 Å². The zero-order chi connectivity index (χ0) is 18.4. The van der Waals surface area contributed by atoms with Gasteiger partial charge in [0.05, 0.1) is 12.2 Å². The van der Waals surface area contributed by atoms with Gasteiger partial charge in [-0.05, 0) is 31.2 Å². The number of hydrogen-bond acceptors (Lipinski definition) is 6. The number of H-pyrrole nitrogens is 1. The Kier molecular flexibility index (Phi) is 4.99. The molecule has 0 radical (unpaired) electrons. The maximum absolute atomic E-state index is 12.4. The van der Waals surface area contributed by atoms with Crippen LogP contribution in [0.3, 0.4) is 0 Å². The molecule has 0 aliphatic rings. The summed E-state index contributed by atoms with van der Waals surface area (Å²) in [6.45, 7) is 1.82. The van der Waals surface area contributed by atoms with Gasteiger partial charge in [0, 0.05) is 28.5 Å². The molecule has 0 spiro atoms. The van der Waals surface area contributed by atoms with Crippen molar-refractivity contribution >= 4 is 53.2 Å². The second-order valence-electron chi connectivity index (χ2n) is 5.96. The second-order valence-corrected chi connectivity index (χ2v) is 6.40. The van der Waals surface area contributed by atoms with Gasteiger partial charge in [-0.3, -0.25) is 9.36 Å². The number of rotatable bonds is 3. The molecule has 3 aromatic heterocycles. The monoisotopic (exact) mass is 405 g/mol.